The normalized spacial score (nSPS) is 10.6. The summed E-state index contributed by atoms with van der Waals surface area (Å²) < 4.78 is 26.4. The maximum absolute atomic E-state index is 13.3. The molecule has 0 spiro atoms. The highest BCUT2D eigenvalue weighted by atomic mass is 79.9. The van der Waals surface area contributed by atoms with Gasteiger partial charge in [-0.25, -0.2) is 13.8 Å². The second kappa shape index (κ2) is 4.66. The summed E-state index contributed by atoms with van der Waals surface area (Å²) in [7, 11) is 0. The third-order valence-corrected chi connectivity index (χ3v) is 3.39. The number of aromatic amines is 1. The number of benzene rings is 1. The van der Waals surface area contributed by atoms with E-state index in [4.69, 9.17) is 0 Å². The van der Waals surface area contributed by atoms with Crippen molar-refractivity contribution in [3.8, 4) is 11.4 Å². The highest BCUT2D eigenvalue weighted by molar-refractivity contribution is 9.10. The molecule has 0 fully saturated rings. The number of hydrogen-bond acceptors (Lipinski definition) is 2. The topological polar surface area (TPSA) is 45.8 Å². The molecule has 0 aliphatic heterocycles. The van der Waals surface area contributed by atoms with Crippen molar-refractivity contribution < 1.29 is 8.78 Å². The number of rotatable bonds is 1. The average Bonchev–Trinajstić information content (AvgIpc) is 2.30. The zero-order valence-electron chi connectivity index (χ0n) is 8.10. The SMILES string of the molecule is O=c1[nH]c(-c2ccc(F)c(F)c2Br)ncc1Br. The quantitative estimate of drug-likeness (QED) is 0.788. The molecule has 0 radical (unpaired) electrons. The van der Waals surface area contributed by atoms with E-state index in [0.29, 0.717) is 0 Å². The van der Waals surface area contributed by atoms with Crippen molar-refractivity contribution in [3.05, 3.63) is 49.3 Å². The van der Waals surface area contributed by atoms with Crippen LogP contribution in [0.3, 0.4) is 0 Å². The second-order valence-electron chi connectivity index (χ2n) is 3.13. The molecule has 3 nitrogen and oxygen atoms in total. The van der Waals surface area contributed by atoms with Gasteiger partial charge in [-0.2, -0.15) is 0 Å². The van der Waals surface area contributed by atoms with Gasteiger partial charge in [-0.1, -0.05) is 0 Å². The molecule has 0 unspecified atom stereocenters. The van der Waals surface area contributed by atoms with E-state index < -0.39 is 17.2 Å². The van der Waals surface area contributed by atoms with Crippen molar-refractivity contribution in [2.75, 3.05) is 0 Å². The van der Waals surface area contributed by atoms with Gasteiger partial charge in [-0.3, -0.25) is 4.79 Å². The number of hydrogen-bond donors (Lipinski definition) is 1. The smallest absolute Gasteiger partial charge is 0.265 e. The lowest BCUT2D eigenvalue weighted by atomic mass is 10.2. The Morgan fingerprint density at radius 3 is 2.59 bits per heavy atom. The standard InChI is InChI=1S/C10H4Br2F2N2O/c11-5-3-15-9(16-10(5)17)4-1-2-6(13)8(14)7(4)12/h1-3H,(H,15,16,17). The van der Waals surface area contributed by atoms with Crippen LogP contribution in [-0.4, -0.2) is 9.97 Å². The number of aromatic nitrogens is 2. The van der Waals surface area contributed by atoms with Crippen molar-refractivity contribution in [3.63, 3.8) is 0 Å². The van der Waals surface area contributed by atoms with Crippen LogP contribution in [-0.2, 0) is 0 Å². The van der Waals surface area contributed by atoms with Crippen LogP contribution in [0.5, 0.6) is 0 Å². The van der Waals surface area contributed by atoms with Crippen molar-refractivity contribution in [2.24, 2.45) is 0 Å². The minimum atomic E-state index is -1.02. The molecule has 0 aliphatic carbocycles. The van der Waals surface area contributed by atoms with Crippen LogP contribution in [0.15, 0.2) is 32.1 Å². The lowest BCUT2D eigenvalue weighted by Crippen LogP contribution is -2.09. The van der Waals surface area contributed by atoms with Crippen LogP contribution < -0.4 is 5.56 Å². The Balaban J connectivity index is 2.65. The summed E-state index contributed by atoms with van der Waals surface area (Å²) in [6, 6.07) is 2.30. The predicted octanol–water partition coefficient (Wildman–Crippen LogP) is 3.24. The molecular weight excluding hydrogens is 362 g/mol. The van der Waals surface area contributed by atoms with Gasteiger partial charge in [0.1, 0.15) is 10.3 Å². The Bertz CT molecular complexity index is 643. The fourth-order valence-electron chi connectivity index (χ4n) is 1.23. The molecule has 2 rings (SSSR count). The van der Waals surface area contributed by atoms with Gasteiger partial charge in [-0.05, 0) is 44.0 Å². The van der Waals surface area contributed by atoms with Gasteiger partial charge >= 0.3 is 0 Å². The molecule has 7 heteroatoms. The van der Waals surface area contributed by atoms with Crippen LogP contribution in [0.2, 0.25) is 0 Å². The van der Waals surface area contributed by atoms with E-state index in [-0.39, 0.29) is 20.3 Å². The van der Waals surface area contributed by atoms with Gasteiger partial charge < -0.3 is 4.98 Å². The molecule has 1 aromatic carbocycles. The molecule has 2 aromatic rings. The average molecular weight is 366 g/mol. The predicted molar refractivity (Wildman–Crippen MR) is 65.6 cm³/mol. The summed E-state index contributed by atoms with van der Waals surface area (Å²) in [4.78, 5) is 17.7. The first-order valence-electron chi connectivity index (χ1n) is 4.39. The summed E-state index contributed by atoms with van der Waals surface area (Å²) in [6.45, 7) is 0. The fourth-order valence-corrected chi connectivity index (χ4v) is 1.94. The molecule has 1 heterocycles. The maximum atomic E-state index is 13.3. The van der Waals surface area contributed by atoms with E-state index in [9.17, 15) is 13.6 Å². The minimum Gasteiger partial charge on any atom is -0.306 e. The molecule has 0 bridgehead atoms. The summed E-state index contributed by atoms with van der Waals surface area (Å²) in [5, 5.41) is 0. The Labute approximate surface area is 111 Å². The maximum Gasteiger partial charge on any atom is 0.265 e. The number of halogens is 4. The first-order valence-corrected chi connectivity index (χ1v) is 5.98. The van der Waals surface area contributed by atoms with E-state index in [1.54, 1.807) is 0 Å². The van der Waals surface area contributed by atoms with E-state index in [1.807, 2.05) is 0 Å². The summed E-state index contributed by atoms with van der Waals surface area (Å²) in [5.74, 6) is -1.84. The lowest BCUT2D eigenvalue weighted by Gasteiger charge is -2.05. The Hall–Kier alpha value is -1.08. The highest BCUT2D eigenvalue weighted by Gasteiger charge is 2.14. The van der Waals surface area contributed by atoms with Gasteiger partial charge in [0.15, 0.2) is 11.6 Å². The van der Waals surface area contributed by atoms with Crippen molar-refractivity contribution in [1.29, 1.82) is 0 Å². The van der Waals surface area contributed by atoms with Gasteiger partial charge in [0, 0.05) is 11.8 Å². The van der Waals surface area contributed by atoms with E-state index in [2.05, 4.69) is 41.8 Å². The van der Waals surface area contributed by atoms with E-state index in [1.165, 1.54) is 12.3 Å². The number of nitrogens with zero attached hydrogens (tertiary/aromatic N) is 1. The van der Waals surface area contributed by atoms with Crippen LogP contribution in [0, 0.1) is 11.6 Å². The van der Waals surface area contributed by atoms with Gasteiger partial charge in [-0.15, -0.1) is 0 Å². The van der Waals surface area contributed by atoms with Gasteiger partial charge in [0.2, 0.25) is 0 Å². The molecular formula is C10H4Br2F2N2O. The monoisotopic (exact) mass is 364 g/mol. The van der Waals surface area contributed by atoms with Crippen LogP contribution in [0.4, 0.5) is 8.78 Å². The highest BCUT2D eigenvalue weighted by Crippen LogP contribution is 2.29. The largest absolute Gasteiger partial charge is 0.306 e. The number of H-pyrrole nitrogens is 1. The molecule has 1 N–H and O–H groups in total. The molecule has 1 aromatic heterocycles. The summed E-state index contributed by atoms with van der Waals surface area (Å²) in [6.07, 6.45) is 1.29. The zero-order chi connectivity index (χ0) is 12.6. The summed E-state index contributed by atoms with van der Waals surface area (Å²) in [5.41, 5.74) is -0.125. The van der Waals surface area contributed by atoms with Crippen molar-refractivity contribution >= 4 is 31.9 Å². The third kappa shape index (κ3) is 2.30. The molecule has 0 saturated heterocycles. The Morgan fingerprint density at radius 1 is 1.24 bits per heavy atom. The van der Waals surface area contributed by atoms with Crippen LogP contribution in [0.1, 0.15) is 0 Å². The summed E-state index contributed by atoms with van der Waals surface area (Å²) >= 11 is 5.92. The molecule has 88 valence electrons. The first-order chi connectivity index (χ1) is 8.00. The molecule has 0 aliphatic rings. The lowest BCUT2D eigenvalue weighted by molar-refractivity contribution is 0.504. The Kier molecular flexibility index (Phi) is 3.39. The van der Waals surface area contributed by atoms with E-state index >= 15 is 0 Å². The van der Waals surface area contributed by atoms with Crippen molar-refractivity contribution in [2.45, 2.75) is 0 Å². The van der Waals surface area contributed by atoms with Gasteiger partial charge in [0.05, 0.1) is 4.47 Å². The Morgan fingerprint density at radius 2 is 1.94 bits per heavy atom. The molecule has 17 heavy (non-hydrogen) atoms. The van der Waals surface area contributed by atoms with E-state index in [0.717, 1.165) is 6.07 Å². The zero-order valence-corrected chi connectivity index (χ0v) is 11.3. The fraction of sp³-hybridized carbons (Fsp3) is 0. The molecule has 0 amide bonds. The van der Waals surface area contributed by atoms with Crippen LogP contribution in [0.25, 0.3) is 11.4 Å². The van der Waals surface area contributed by atoms with Crippen LogP contribution >= 0.6 is 31.9 Å². The number of nitrogens with one attached hydrogen (secondary N) is 1. The molecule has 0 atom stereocenters. The molecule has 0 saturated carbocycles. The third-order valence-electron chi connectivity index (χ3n) is 2.05. The second-order valence-corrected chi connectivity index (χ2v) is 4.78. The van der Waals surface area contributed by atoms with Gasteiger partial charge in [0.25, 0.3) is 5.56 Å². The minimum absolute atomic E-state index is 0.0806. The van der Waals surface area contributed by atoms with Crippen molar-refractivity contribution in [1.82, 2.24) is 9.97 Å². The first kappa shape index (κ1) is 12.4.